The second kappa shape index (κ2) is 9.16. The molecule has 0 fully saturated rings. The lowest BCUT2D eigenvalue weighted by atomic mass is 10.2. The average Bonchev–Trinajstić information content (AvgIpc) is 2.98. The summed E-state index contributed by atoms with van der Waals surface area (Å²) in [5.74, 6) is 0.427. The number of halogens is 2. The van der Waals surface area contributed by atoms with E-state index in [1.165, 1.54) is 0 Å². The lowest BCUT2D eigenvalue weighted by Crippen LogP contribution is -2.17. The number of rotatable bonds is 6. The van der Waals surface area contributed by atoms with Crippen molar-refractivity contribution >= 4 is 35.3 Å². The molecular formula is C22H21Cl2N3O2. The lowest BCUT2D eigenvalue weighted by Gasteiger charge is -2.12. The first-order chi connectivity index (χ1) is 13.9. The first-order valence-electron chi connectivity index (χ1n) is 9.11. The van der Waals surface area contributed by atoms with E-state index in [4.69, 9.17) is 27.9 Å². The van der Waals surface area contributed by atoms with Crippen LogP contribution in [0.25, 0.3) is 5.69 Å². The molecule has 0 atom stereocenters. The summed E-state index contributed by atoms with van der Waals surface area (Å²) in [4.78, 5) is 12.3. The molecule has 0 aliphatic rings. The minimum Gasteiger partial charge on any atom is -0.494 e. The number of nitrogens with zero attached hydrogens (tertiary/aromatic N) is 2. The molecule has 2 aromatic carbocycles. The van der Waals surface area contributed by atoms with Crippen LogP contribution in [0.1, 0.15) is 34.2 Å². The van der Waals surface area contributed by atoms with Crippen molar-refractivity contribution in [2.24, 2.45) is 5.10 Å². The molecule has 3 aromatic rings. The van der Waals surface area contributed by atoms with Crippen molar-refractivity contribution in [1.29, 1.82) is 0 Å². The molecule has 0 unspecified atom stereocenters. The number of aromatic nitrogens is 1. The predicted octanol–water partition coefficient (Wildman–Crippen LogP) is 5.56. The predicted molar refractivity (Wildman–Crippen MR) is 118 cm³/mol. The van der Waals surface area contributed by atoms with Crippen LogP contribution in [-0.2, 0) is 0 Å². The largest absolute Gasteiger partial charge is 0.494 e. The van der Waals surface area contributed by atoms with Crippen LogP contribution < -0.4 is 10.2 Å². The highest BCUT2D eigenvalue weighted by Crippen LogP contribution is 2.28. The van der Waals surface area contributed by atoms with Gasteiger partial charge in [-0.1, -0.05) is 23.2 Å². The lowest BCUT2D eigenvalue weighted by molar-refractivity contribution is 0.0955. The third kappa shape index (κ3) is 4.81. The van der Waals surface area contributed by atoms with Gasteiger partial charge in [0.25, 0.3) is 5.91 Å². The van der Waals surface area contributed by atoms with Crippen molar-refractivity contribution in [1.82, 2.24) is 9.99 Å². The Morgan fingerprint density at radius 3 is 2.55 bits per heavy atom. The van der Waals surface area contributed by atoms with Crippen LogP contribution in [0, 0.1) is 13.8 Å². The van der Waals surface area contributed by atoms with E-state index in [1.807, 2.05) is 37.5 Å². The number of hydrogen-bond donors (Lipinski definition) is 1. The highest BCUT2D eigenvalue weighted by atomic mass is 35.5. The van der Waals surface area contributed by atoms with Gasteiger partial charge in [-0.05, 0) is 69.3 Å². The maximum absolute atomic E-state index is 12.3. The molecule has 0 aliphatic heterocycles. The summed E-state index contributed by atoms with van der Waals surface area (Å²) in [7, 11) is 0. The van der Waals surface area contributed by atoms with Gasteiger partial charge in [0.2, 0.25) is 0 Å². The maximum atomic E-state index is 12.3. The summed E-state index contributed by atoms with van der Waals surface area (Å²) in [5, 5.41) is 5.30. The standard InChI is InChI=1S/C22H21Cl2N3O2/c1-4-29-19-8-5-16(6-9-19)22(28)26-25-13-17-11-14(2)27(15(17)3)21-12-18(23)7-10-20(21)24/h5-13H,4H2,1-3H3,(H,26,28)/b25-13+. The number of benzene rings is 2. The van der Waals surface area contributed by atoms with Gasteiger partial charge in [-0.3, -0.25) is 4.79 Å². The van der Waals surface area contributed by atoms with E-state index >= 15 is 0 Å². The number of ether oxygens (including phenoxy) is 1. The highest BCUT2D eigenvalue weighted by Gasteiger charge is 2.13. The first-order valence-corrected chi connectivity index (χ1v) is 9.87. The Balaban J connectivity index is 1.76. The molecule has 150 valence electrons. The quantitative estimate of drug-likeness (QED) is 0.411. The van der Waals surface area contributed by atoms with Crippen LogP contribution in [0.4, 0.5) is 0 Å². The smallest absolute Gasteiger partial charge is 0.271 e. The summed E-state index contributed by atoms with van der Waals surface area (Å²) < 4.78 is 7.38. The van der Waals surface area contributed by atoms with Gasteiger partial charge in [0.15, 0.2) is 0 Å². The van der Waals surface area contributed by atoms with E-state index in [-0.39, 0.29) is 5.91 Å². The van der Waals surface area contributed by atoms with Crippen molar-refractivity contribution < 1.29 is 9.53 Å². The molecule has 7 heteroatoms. The van der Waals surface area contributed by atoms with Gasteiger partial charge in [0, 0.05) is 27.5 Å². The van der Waals surface area contributed by atoms with Crippen molar-refractivity contribution in [2.75, 3.05) is 6.61 Å². The number of nitrogens with one attached hydrogen (secondary N) is 1. The van der Waals surface area contributed by atoms with Gasteiger partial charge < -0.3 is 9.30 Å². The zero-order valence-corrected chi connectivity index (χ0v) is 17.9. The van der Waals surface area contributed by atoms with E-state index in [1.54, 1.807) is 42.6 Å². The molecule has 0 aliphatic carbocycles. The monoisotopic (exact) mass is 429 g/mol. The van der Waals surface area contributed by atoms with E-state index in [0.29, 0.717) is 22.2 Å². The van der Waals surface area contributed by atoms with E-state index in [2.05, 4.69) is 10.5 Å². The number of carbonyl (C=O) groups excluding carboxylic acids is 1. The van der Waals surface area contributed by atoms with Crippen LogP contribution in [0.5, 0.6) is 5.75 Å². The average molecular weight is 430 g/mol. The Labute approximate surface area is 179 Å². The summed E-state index contributed by atoms with van der Waals surface area (Å²) in [5.41, 5.74) is 6.63. The number of aryl methyl sites for hydroxylation is 1. The van der Waals surface area contributed by atoms with Gasteiger partial charge in [-0.15, -0.1) is 0 Å². The number of amides is 1. The van der Waals surface area contributed by atoms with Crippen molar-refractivity contribution in [3.05, 3.63) is 81.1 Å². The van der Waals surface area contributed by atoms with Crippen LogP contribution in [-0.4, -0.2) is 23.3 Å². The Morgan fingerprint density at radius 1 is 1.14 bits per heavy atom. The molecule has 0 saturated heterocycles. The molecule has 3 rings (SSSR count). The highest BCUT2D eigenvalue weighted by molar-refractivity contribution is 6.34. The minimum absolute atomic E-state index is 0.295. The summed E-state index contributed by atoms with van der Waals surface area (Å²) in [6, 6.07) is 14.2. The third-order valence-corrected chi connectivity index (χ3v) is 4.97. The molecule has 0 saturated carbocycles. The van der Waals surface area contributed by atoms with Crippen LogP contribution in [0.3, 0.4) is 0 Å². The SMILES string of the molecule is CCOc1ccc(C(=O)N/N=C/c2cc(C)n(-c3cc(Cl)ccc3Cl)c2C)cc1. The fourth-order valence-electron chi connectivity index (χ4n) is 3.04. The maximum Gasteiger partial charge on any atom is 0.271 e. The molecule has 1 N–H and O–H groups in total. The molecule has 0 radical (unpaired) electrons. The van der Waals surface area contributed by atoms with Crippen molar-refractivity contribution in [3.8, 4) is 11.4 Å². The van der Waals surface area contributed by atoms with E-state index < -0.39 is 0 Å². The van der Waals surface area contributed by atoms with E-state index in [9.17, 15) is 4.79 Å². The summed E-state index contributed by atoms with van der Waals surface area (Å²) in [6.07, 6.45) is 1.61. The second-order valence-corrected chi connectivity index (χ2v) is 7.26. The number of carbonyl (C=O) groups is 1. The molecule has 0 spiro atoms. The molecular weight excluding hydrogens is 409 g/mol. The summed E-state index contributed by atoms with van der Waals surface area (Å²) >= 11 is 12.5. The second-order valence-electron chi connectivity index (χ2n) is 6.41. The van der Waals surface area contributed by atoms with Crippen LogP contribution in [0.15, 0.2) is 53.6 Å². The fourth-order valence-corrected chi connectivity index (χ4v) is 3.41. The zero-order valence-electron chi connectivity index (χ0n) is 16.4. The first kappa shape index (κ1) is 21.0. The van der Waals surface area contributed by atoms with Gasteiger partial charge in [-0.25, -0.2) is 5.43 Å². The zero-order chi connectivity index (χ0) is 21.0. The summed E-state index contributed by atoms with van der Waals surface area (Å²) in [6.45, 7) is 6.42. The minimum atomic E-state index is -0.295. The Morgan fingerprint density at radius 2 is 1.86 bits per heavy atom. The fraction of sp³-hybridized carbons (Fsp3) is 0.182. The van der Waals surface area contributed by atoms with Gasteiger partial charge in [0.05, 0.1) is 23.5 Å². The van der Waals surface area contributed by atoms with Gasteiger partial charge in [-0.2, -0.15) is 5.10 Å². The van der Waals surface area contributed by atoms with Crippen molar-refractivity contribution in [2.45, 2.75) is 20.8 Å². The van der Waals surface area contributed by atoms with Crippen LogP contribution >= 0.6 is 23.2 Å². The molecule has 1 amide bonds. The van der Waals surface area contributed by atoms with Gasteiger partial charge >= 0.3 is 0 Å². The number of hydrogen-bond acceptors (Lipinski definition) is 3. The normalized spacial score (nSPS) is 11.1. The third-order valence-electron chi connectivity index (χ3n) is 4.42. The van der Waals surface area contributed by atoms with E-state index in [0.717, 1.165) is 28.4 Å². The Bertz CT molecular complexity index is 1060. The Kier molecular flexibility index (Phi) is 6.62. The molecule has 1 aromatic heterocycles. The van der Waals surface area contributed by atoms with Crippen molar-refractivity contribution in [3.63, 3.8) is 0 Å². The molecule has 0 bridgehead atoms. The Hall–Kier alpha value is -2.76. The van der Waals surface area contributed by atoms with Crippen LogP contribution in [0.2, 0.25) is 10.0 Å². The topological polar surface area (TPSA) is 55.6 Å². The molecule has 5 nitrogen and oxygen atoms in total. The van der Waals surface area contributed by atoms with Gasteiger partial charge in [0.1, 0.15) is 5.75 Å². The molecule has 1 heterocycles. The number of hydrazone groups is 1. The molecule has 29 heavy (non-hydrogen) atoms.